The summed E-state index contributed by atoms with van der Waals surface area (Å²) in [6.07, 6.45) is 6.60. The zero-order valence-corrected chi connectivity index (χ0v) is 11.1. The predicted octanol–water partition coefficient (Wildman–Crippen LogP) is 0.643. The summed E-state index contributed by atoms with van der Waals surface area (Å²) in [4.78, 5) is 3.91. The minimum absolute atomic E-state index is 0.00639. The average Bonchev–Trinajstić information content (AvgIpc) is 2.38. The summed E-state index contributed by atoms with van der Waals surface area (Å²) in [6, 6.07) is 3.78. The Bertz CT molecular complexity index is 455. The number of pyridine rings is 1. The third-order valence-electron chi connectivity index (χ3n) is 3.04. The van der Waals surface area contributed by atoms with Gasteiger partial charge in [0.05, 0.1) is 5.75 Å². The Morgan fingerprint density at radius 1 is 1.44 bits per heavy atom. The van der Waals surface area contributed by atoms with Gasteiger partial charge in [0.15, 0.2) is 0 Å². The fourth-order valence-electron chi connectivity index (χ4n) is 2.08. The number of piperidine rings is 1. The molecule has 100 valence electrons. The van der Waals surface area contributed by atoms with Crippen molar-refractivity contribution < 1.29 is 8.42 Å². The van der Waals surface area contributed by atoms with Crippen LogP contribution in [0.1, 0.15) is 24.8 Å². The van der Waals surface area contributed by atoms with Crippen molar-refractivity contribution in [2.24, 2.45) is 0 Å². The van der Waals surface area contributed by atoms with Crippen LogP contribution in [0.25, 0.3) is 0 Å². The van der Waals surface area contributed by atoms with E-state index in [2.05, 4.69) is 15.0 Å². The van der Waals surface area contributed by atoms with Crippen LogP contribution in [0, 0.1) is 0 Å². The lowest BCUT2D eigenvalue weighted by atomic mass is 10.1. The lowest BCUT2D eigenvalue weighted by Crippen LogP contribution is -2.43. The summed E-state index contributed by atoms with van der Waals surface area (Å²) in [6.45, 7) is 1.46. The second-order valence-corrected chi connectivity index (χ2v) is 6.42. The Morgan fingerprint density at radius 2 is 2.33 bits per heavy atom. The highest BCUT2D eigenvalue weighted by atomic mass is 32.2. The number of sulfonamides is 1. The first-order chi connectivity index (χ1) is 8.66. The Kier molecular flexibility index (Phi) is 4.68. The van der Waals surface area contributed by atoms with Crippen molar-refractivity contribution in [1.82, 2.24) is 15.0 Å². The molecule has 1 aromatic heterocycles. The van der Waals surface area contributed by atoms with Crippen LogP contribution >= 0.6 is 0 Å². The molecule has 2 N–H and O–H groups in total. The second-order valence-electron chi connectivity index (χ2n) is 4.62. The largest absolute Gasteiger partial charge is 0.313 e. The number of aromatic nitrogens is 1. The van der Waals surface area contributed by atoms with Crippen LogP contribution in [0.15, 0.2) is 24.5 Å². The van der Waals surface area contributed by atoms with Crippen molar-refractivity contribution in [1.29, 1.82) is 0 Å². The van der Waals surface area contributed by atoms with Crippen molar-refractivity contribution in [2.45, 2.75) is 31.1 Å². The summed E-state index contributed by atoms with van der Waals surface area (Å²) >= 11 is 0. The van der Waals surface area contributed by atoms with E-state index < -0.39 is 10.0 Å². The average molecular weight is 269 g/mol. The van der Waals surface area contributed by atoms with E-state index in [1.54, 1.807) is 24.5 Å². The summed E-state index contributed by atoms with van der Waals surface area (Å²) in [5.74, 6) is -0.00639. The van der Waals surface area contributed by atoms with Gasteiger partial charge in [0.25, 0.3) is 0 Å². The molecule has 1 aliphatic rings. The maximum atomic E-state index is 11.9. The highest BCUT2D eigenvalue weighted by Gasteiger charge is 2.16. The molecular weight excluding hydrogens is 250 g/mol. The standard InChI is InChI=1S/C12H19N3O2S/c16-18(17,10-11-4-3-6-13-8-11)15-9-12-5-1-2-7-14-12/h3-4,6,8,12,14-15H,1-2,5,7,9-10H2. The highest BCUT2D eigenvalue weighted by molar-refractivity contribution is 7.88. The molecule has 0 radical (unpaired) electrons. The molecular formula is C12H19N3O2S. The summed E-state index contributed by atoms with van der Waals surface area (Å²) in [5, 5.41) is 3.32. The first-order valence-electron chi connectivity index (χ1n) is 6.25. The zero-order chi connectivity index (χ0) is 12.8. The number of nitrogens with zero attached hydrogens (tertiary/aromatic N) is 1. The van der Waals surface area contributed by atoms with Crippen LogP contribution in [0.3, 0.4) is 0 Å². The number of nitrogens with one attached hydrogen (secondary N) is 2. The minimum Gasteiger partial charge on any atom is -0.313 e. The molecule has 0 saturated carbocycles. The molecule has 18 heavy (non-hydrogen) atoms. The first kappa shape index (κ1) is 13.5. The van der Waals surface area contributed by atoms with Crippen molar-refractivity contribution in [3.63, 3.8) is 0 Å². The molecule has 0 aromatic carbocycles. The van der Waals surface area contributed by atoms with Gasteiger partial charge in [0, 0.05) is 25.0 Å². The van der Waals surface area contributed by atoms with Crippen molar-refractivity contribution in [3.05, 3.63) is 30.1 Å². The molecule has 1 unspecified atom stereocenters. The normalized spacial score (nSPS) is 20.8. The summed E-state index contributed by atoms with van der Waals surface area (Å²) in [7, 11) is -3.26. The van der Waals surface area contributed by atoms with Gasteiger partial charge < -0.3 is 5.32 Å². The van der Waals surface area contributed by atoms with Crippen LogP contribution in [0.4, 0.5) is 0 Å². The van der Waals surface area contributed by atoms with Crippen LogP contribution in [-0.4, -0.2) is 32.5 Å². The molecule has 0 aliphatic carbocycles. The number of hydrogen-bond acceptors (Lipinski definition) is 4. The van der Waals surface area contributed by atoms with Crippen LogP contribution in [0.2, 0.25) is 0 Å². The minimum atomic E-state index is -3.26. The second kappa shape index (κ2) is 6.26. The molecule has 1 aliphatic heterocycles. The van der Waals surface area contributed by atoms with Crippen LogP contribution in [-0.2, 0) is 15.8 Å². The van der Waals surface area contributed by atoms with Gasteiger partial charge in [0.2, 0.25) is 10.0 Å². The third kappa shape index (κ3) is 4.36. The SMILES string of the molecule is O=S(=O)(Cc1cccnc1)NCC1CCCCN1. The smallest absolute Gasteiger partial charge is 0.215 e. The Morgan fingerprint density at radius 3 is 3.00 bits per heavy atom. The fraction of sp³-hybridized carbons (Fsp3) is 0.583. The Labute approximate surface area is 108 Å². The van der Waals surface area contributed by atoms with E-state index in [-0.39, 0.29) is 11.8 Å². The number of rotatable bonds is 5. The van der Waals surface area contributed by atoms with Gasteiger partial charge in [-0.3, -0.25) is 4.98 Å². The van der Waals surface area contributed by atoms with E-state index in [1.165, 1.54) is 12.8 Å². The lowest BCUT2D eigenvalue weighted by Gasteiger charge is -2.23. The Hall–Kier alpha value is -0.980. The van der Waals surface area contributed by atoms with Gasteiger partial charge in [0.1, 0.15) is 0 Å². The topological polar surface area (TPSA) is 71.1 Å². The van der Waals surface area contributed by atoms with Crippen molar-refractivity contribution in [3.8, 4) is 0 Å². The van der Waals surface area contributed by atoms with E-state index in [1.807, 2.05) is 0 Å². The van der Waals surface area contributed by atoms with E-state index in [9.17, 15) is 8.42 Å². The maximum Gasteiger partial charge on any atom is 0.215 e. The fourth-order valence-corrected chi connectivity index (χ4v) is 3.25. The van der Waals surface area contributed by atoms with Crippen molar-refractivity contribution >= 4 is 10.0 Å². The molecule has 1 fully saturated rings. The molecule has 6 heteroatoms. The molecule has 1 atom stereocenters. The van der Waals surface area contributed by atoms with E-state index >= 15 is 0 Å². The van der Waals surface area contributed by atoms with Crippen LogP contribution in [0.5, 0.6) is 0 Å². The van der Waals surface area contributed by atoms with Gasteiger partial charge in [-0.1, -0.05) is 12.5 Å². The van der Waals surface area contributed by atoms with E-state index in [0.29, 0.717) is 12.1 Å². The third-order valence-corrected chi connectivity index (χ3v) is 4.36. The van der Waals surface area contributed by atoms with Crippen LogP contribution < -0.4 is 10.0 Å². The summed E-state index contributed by atoms with van der Waals surface area (Å²) in [5.41, 5.74) is 0.710. The van der Waals surface area contributed by atoms with Gasteiger partial charge in [-0.25, -0.2) is 13.1 Å². The molecule has 0 amide bonds. The van der Waals surface area contributed by atoms with Gasteiger partial charge in [-0.05, 0) is 31.0 Å². The molecule has 1 aromatic rings. The summed E-state index contributed by atoms with van der Waals surface area (Å²) < 4.78 is 26.4. The van der Waals surface area contributed by atoms with Gasteiger partial charge in [-0.15, -0.1) is 0 Å². The molecule has 0 spiro atoms. The Balaban J connectivity index is 1.83. The van der Waals surface area contributed by atoms with E-state index in [0.717, 1.165) is 13.0 Å². The van der Waals surface area contributed by atoms with Gasteiger partial charge >= 0.3 is 0 Å². The van der Waals surface area contributed by atoms with E-state index in [4.69, 9.17) is 0 Å². The maximum absolute atomic E-state index is 11.9. The lowest BCUT2D eigenvalue weighted by molar-refractivity contribution is 0.398. The first-order valence-corrected chi connectivity index (χ1v) is 7.90. The molecule has 0 bridgehead atoms. The predicted molar refractivity (Wildman–Crippen MR) is 70.5 cm³/mol. The molecule has 2 rings (SSSR count). The van der Waals surface area contributed by atoms with Crippen molar-refractivity contribution in [2.75, 3.05) is 13.1 Å². The van der Waals surface area contributed by atoms with Gasteiger partial charge in [-0.2, -0.15) is 0 Å². The number of hydrogen-bond donors (Lipinski definition) is 2. The molecule has 1 saturated heterocycles. The highest BCUT2D eigenvalue weighted by Crippen LogP contribution is 2.07. The molecule has 2 heterocycles. The zero-order valence-electron chi connectivity index (χ0n) is 10.3. The molecule has 5 nitrogen and oxygen atoms in total. The quantitative estimate of drug-likeness (QED) is 0.823. The monoisotopic (exact) mass is 269 g/mol.